The molecule has 0 fully saturated rings. The highest BCUT2D eigenvalue weighted by Crippen LogP contribution is 2.35. The lowest BCUT2D eigenvalue weighted by Gasteiger charge is -2.08. The van der Waals surface area contributed by atoms with Crippen molar-refractivity contribution in [3.8, 4) is 17.6 Å². The number of anilines is 1. The Bertz CT molecular complexity index is 696. The van der Waals surface area contributed by atoms with E-state index >= 15 is 0 Å². The minimum atomic E-state index is -0.482. The minimum absolute atomic E-state index is 0.0601. The molecule has 0 aliphatic rings. The van der Waals surface area contributed by atoms with E-state index in [0.29, 0.717) is 5.69 Å². The van der Waals surface area contributed by atoms with Crippen molar-refractivity contribution in [2.45, 2.75) is 13.8 Å². The number of phenols is 2. The Morgan fingerprint density at radius 3 is 2.41 bits per heavy atom. The molecule has 114 valence electrons. The van der Waals surface area contributed by atoms with Crippen molar-refractivity contribution in [1.82, 2.24) is 4.98 Å². The molecule has 6 nitrogen and oxygen atoms in total. The molecule has 0 radical (unpaired) electrons. The molecule has 0 bridgehead atoms. The van der Waals surface area contributed by atoms with Gasteiger partial charge in [-0.15, -0.1) is 0 Å². The van der Waals surface area contributed by atoms with E-state index in [2.05, 4.69) is 4.98 Å². The van der Waals surface area contributed by atoms with Gasteiger partial charge in [-0.2, -0.15) is 5.26 Å². The number of phenolic OH excluding ortho intramolecular Hbond substituents is 2. The summed E-state index contributed by atoms with van der Waals surface area (Å²) in [6.07, 6.45) is 1.49. The molecule has 0 unspecified atom stereocenters. The molecule has 6 heteroatoms. The number of pyridine rings is 1. The highest BCUT2D eigenvalue weighted by Gasteiger charge is 2.15. The van der Waals surface area contributed by atoms with Crippen molar-refractivity contribution >= 4 is 17.0 Å². The Kier molecular flexibility index (Phi) is 5.78. The van der Waals surface area contributed by atoms with Crippen molar-refractivity contribution in [3.05, 3.63) is 47.8 Å². The number of aliphatic hydroxyl groups excluding tert-OH is 1. The summed E-state index contributed by atoms with van der Waals surface area (Å²) >= 11 is 0. The van der Waals surface area contributed by atoms with Gasteiger partial charge in [0.05, 0.1) is 11.4 Å². The lowest BCUT2D eigenvalue weighted by molar-refractivity contribution is 0.405. The van der Waals surface area contributed by atoms with E-state index in [4.69, 9.17) is 11.0 Å². The number of hydrogen-bond acceptors (Lipinski definition) is 6. The Hall–Kier alpha value is -3.20. The molecule has 0 atom stereocenters. The monoisotopic (exact) mass is 299 g/mol. The molecule has 22 heavy (non-hydrogen) atoms. The first-order valence-corrected chi connectivity index (χ1v) is 6.61. The molecule has 1 aromatic heterocycles. The molecule has 0 aliphatic heterocycles. The number of aromatic hydroxyl groups is 2. The second-order valence-corrected chi connectivity index (χ2v) is 3.98. The van der Waals surface area contributed by atoms with Crippen LogP contribution in [0, 0.1) is 11.3 Å². The van der Waals surface area contributed by atoms with Crippen LogP contribution in [0.2, 0.25) is 0 Å². The number of nitrogen functional groups attached to an aromatic ring is 1. The maximum atomic E-state index is 10.1. The van der Waals surface area contributed by atoms with Gasteiger partial charge in [0.2, 0.25) is 0 Å². The van der Waals surface area contributed by atoms with Crippen LogP contribution in [0.1, 0.15) is 25.1 Å². The van der Waals surface area contributed by atoms with E-state index in [1.165, 1.54) is 12.3 Å². The van der Waals surface area contributed by atoms with E-state index in [-0.39, 0.29) is 22.6 Å². The summed E-state index contributed by atoms with van der Waals surface area (Å²) < 4.78 is 0. The van der Waals surface area contributed by atoms with Crippen molar-refractivity contribution in [3.63, 3.8) is 0 Å². The van der Waals surface area contributed by atoms with Crippen LogP contribution in [0.3, 0.4) is 0 Å². The summed E-state index contributed by atoms with van der Waals surface area (Å²) in [5, 5.41) is 38.2. The molecule has 0 aliphatic carbocycles. The van der Waals surface area contributed by atoms with Gasteiger partial charge in [0, 0.05) is 11.8 Å². The topological polar surface area (TPSA) is 123 Å². The average molecular weight is 299 g/mol. The molecule has 0 saturated heterocycles. The van der Waals surface area contributed by atoms with Gasteiger partial charge in [-0.25, -0.2) is 0 Å². The molecular weight excluding hydrogens is 282 g/mol. The van der Waals surface area contributed by atoms with Gasteiger partial charge in [0.15, 0.2) is 11.5 Å². The lowest BCUT2D eigenvalue weighted by Crippen LogP contribution is -1.95. The summed E-state index contributed by atoms with van der Waals surface area (Å²) in [5.74, 6) is -1.34. The summed E-state index contributed by atoms with van der Waals surface area (Å²) in [5.41, 5.74) is 5.73. The Morgan fingerprint density at radius 2 is 1.91 bits per heavy atom. The molecule has 0 amide bonds. The van der Waals surface area contributed by atoms with Crippen LogP contribution >= 0.6 is 0 Å². The number of allylic oxidation sites excluding steroid dienone is 1. The maximum Gasteiger partial charge on any atom is 0.181 e. The van der Waals surface area contributed by atoms with Crippen molar-refractivity contribution in [1.29, 1.82) is 5.26 Å². The Labute approximate surface area is 128 Å². The Balaban J connectivity index is 0.00000116. The first kappa shape index (κ1) is 16.9. The van der Waals surface area contributed by atoms with E-state index in [1.807, 2.05) is 19.9 Å². The number of nitriles is 1. The van der Waals surface area contributed by atoms with E-state index < -0.39 is 11.5 Å². The molecule has 1 aromatic carbocycles. The van der Waals surface area contributed by atoms with Gasteiger partial charge >= 0.3 is 0 Å². The van der Waals surface area contributed by atoms with Gasteiger partial charge in [0.1, 0.15) is 17.4 Å². The fraction of sp³-hybridized carbons (Fsp3) is 0.125. The van der Waals surface area contributed by atoms with Crippen LogP contribution in [0.5, 0.6) is 11.5 Å². The fourth-order valence-electron chi connectivity index (χ4n) is 1.66. The second kappa shape index (κ2) is 7.55. The minimum Gasteiger partial charge on any atom is -0.506 e. The highest BCUT2D eigenvalue weighted by atomic mass is 16.3. The predicted octanol–water partition coefficient (Wildman–Crippen LogP) is 3.05. The van der Waals surface area contributed by atoms with Crippen LogP contribution < -0.4 is 5.73 Å². The van der Waals surface area contributed by atoms with Crippen LogP contribution in [0.15, 0.2) is 36.5 Å². The zero-order valence-electron chi connectivity index (χ0n) is 12.3. The van der Waals surface area contributed by atoms with Gasteiger partial charge in [-0.1, -0.05) is 19.9 Å². The number of nitrogens with two attached hydrogens (primary N) is 1. The standard InChI is InChI=1S/C14H11N3O3.C2H6/c15-7-9(11-3-1-2-4-17-11)13(19)8-5-10(16)14(20)12(18)6-8;1-2/h1-6,18-20H,16H2;1-2H3/b13-9-;. The molecule has 1 heterocycles. The van der Waals surface area contributed by atoms with Gasteiger partial charge in [-0.05, 0) is 24.3 Å². The third kappa shape index (κ3) is 3.46. The number of benzene rings is 1. The first-order valence-electron chi connectivity index (χ1n) is 6.61. The SMILES string of the molecule is CC.N#C/C(=C(/O)c1cc(N)c(O)c(O)c1)c1ccccn1. The van der Waals surface area contributed by atoms with Crippen LogP contribution in [0.4, 0.5) is 5.69 Å². The van der Waals surface area contributed by atoms with Gasteiger partial charge < -0.3 is 21.1 Å². The highest BCUT2D eigenvalue weighted by molar-refractivity contribution is 5.93. The zero-order chi connectivity index (χ0) is 16.7. The van der Waals surface area contributed by atoms with Crippen LogP contribution in [0.25, 0.3) is 11.3 Å². The second-order valence-electron chi connectivity index (χ2n) is 3.98. The number of rotatable bonds is 2. The van der Waals surface area contributed by atoms with Crippen molar-refractivity contribution < 1.29 is 15.3 Å². The summed E-state index contributed by atoms with van der Waals surface area (Å²) in [6, 6.07) is 9.14. The smallest absolute Gasteiger partial charge is 0.181 e. The normalized spacial score (nSPS) is 10.8. The van der Waals surface area contributed by atoms with Crippen LogP contribution in [-0.2, 0) is 0 Å². The maximum absolute atomic E-state index is 10.1. The van der Waals surface area contributed by atoms with Crippen LogP contribution in [-0.4, -0.2) is 20.3 Å². The largest absolute Gasteiger partial charge is 0.506 e. The molecular formula is C16H17N3O3. The quantitative estimate of drug-likeness (QED) is 0.292. The lowest BCUT2D eigenvalue weighted by atomic mass is 10.0. The Morgan fingerprint density at radius 1 is 1.23 bits per heavy atom. The number of nitrogens with zero attached hydrogens (tertiary/aromatic N) is 2. The van der Waals surface area contributed by atoms with Gasteiger partial charge in [0.25, 0.3) is 0 Å². The molecule has 2 rings (SSSR count). The fourth-order valence-corrected chi connectivity index (χ4v) is 1.66. The van der Waals surface area contributed by atoms with Gasteiger partial charge in [-0.3, -0.25) is 4.98 Å². The van der Waals surface area contributed by atoms with Crippen molar-refractivity contribution in [2.24, 2.45) is 0 Å². The molecule has 0 saturated carbocycles. The third-order valence-electron chi connectivity index (χ3n) is 2.66. The zero-order valence-corrected chi connectivity index (χ0v) is 12.3. The molecule has 5 N–H and O–H groups in total. The summed E-state index contributed by atoms with van der Waals surface area (Å²) in [7, 11) is 0. The summed E-state index contributed by atoms with van der Waals surface area (Å²) in [6.45, 7) is 4.00. The number of aliphatic hydroxyl groups is 1. The van der Waals surface area contributed by atoms with E-state index in [1.54, 1.807) is 18.2 Å². The average Bonchev–Trinajstić information content (AvgIpc) is 2.55. The number of aromatic nitrogens is 1. The summed E-state index contributed by atoms with van der Waals surface area (Å²) in [4.78, 5) is 3.98. The van der Waals surface area contributed by atoms with E-state index in [9.17, 15) is 15.3 Å². The number of hydrogen-bond donors (Lipinski definition) is 4. The third-order valence-corrected chi connectivity index (χ3v) is 2.66. The van der Waals surface area contributed by atoms with Crippen molar-refractivity contribution in [2.75, 3.05) is 5.73 Å². The van der Waals surface area contributed by atoms with E-state index in [0.717, 1.165) is 6.07 Å². The predicted molar refractivity (Wildman–Crippen MR) is 84.8 cm³/mol. The molecule has 2 aromatic rings. The first-order chi connectivity index (χ1) is 10.5. The molecule has 0 spiro atoms.